The average molecular weight is 430 g/mol. The molecule has 0 spiro atoms. The third kappa shape index (κ3) is 7.13. The molecule has 0 saturated carbocycles. The molecule has 2 aromatic carbocycles. The Bertz CT molecular complexity index is 770. The van der Waals surface area contributed by atoms with Gasteiger partial charge in [-0.05, 0) is 30.2 Å². The molecule has 0 aliphatic carbocycles. The molecule has 2 aromatic rings. The summed E-state index contributed by atoms with van der Waals surface area (Å²) in [6.45, 7) is -0.274. The highest BCUT2D eigenvalue weighted by atomic mass is 79.9. The predicted molar refractivity (Wildman–Crippen MR) is 98.9 cm³/mol. The van der Waals surface area contributed by atoms with Crippen molar-refractivity contribution >= 4 is 26.2 Å². The van der Waals surface area contributed by atoms with Crippen LogP contribution in [0.2, 0.25) is 0 Å². The second kappa shape index (κ2) is 9.30. The number of ether oxygens (including phenoxy) is 1. The van der Waals surface area contributed by atoms with E-state index in [1.54, 1.807) is 18.2 Å². The summed E-state index contributed by atoms with van der Waals surface area (Å²) in [6, 6.07) is 16.4. The van der Waals surface area contributed by atoms with E-state index in [4.69, 9.17) is 4.74 Å². The highest BCUT2D eigenvalue weighted by molar-refractivity contribution is 9.10. The highest BCUT2D eigenvalue weighted by Gasteiger charge is 2.22. The van der Waals surface area contributed by atoms with Gasteiger partial charge in [0.15, 0.2) is 0 Å². The second-order valence-corrected chi connectivity index (χ2v) is 7.82. The van der Waals surface area contributed by atoms with Crippen molar-refractivity contribution in [1.29, 1.82) is 0 Å². The van der Waals surface area contributed by atoms with E-state index in [0.29, 0.717) is 12.2 Å². The Morgan fingerprint density at radius 3 is 2.48 bits per heavy atom. The fraction of sp³-hybridized carbons (Fsp3) is 0.294. The molecule has 0 aliphatic rings. The number of hydrogen-bond acceptors (Lipinski definition) is 4. The Labute approximate surface area is 156 Å². The van der Waals surface area contributed by atoms with Crippen LogP contribution in [0, 0.1) is 0 Å². The molecule has 2 N–H and O–H groups in total. The minimum Gasteiger partial charge on any atom is -0.491 e. The lowest BCUT2D eigenvalue weighted by atomic mass is 10.1. The summed E-state index contributed by atoms with van der Waals surface area (Å²) in [4.78, 5) is 0. The molecular formula is C17H20BrNO5S. The smallest absolute Gasteiger partial charge is 0.336 e. The maximum atomic E-state index is 11.5. The molecule has 0 bridgehead atoms. The van der Waals surface area contributed by atoms with Crippen molar-refractivity contribution in [3.05, 3.63) is 64.6 Å². The summed E-state index contributed by atoms with van der Waals surface area (Å²) in [5.41, 5.74) is 0.941. The third-order valence-corrected chi connectivity index (χ3v) is 4.95. The zero-order valence-electron chi connectivity index (χ0n) is 13.5. The first-order valence-corrected chi connectivity index (χ1v) is 9.86. The first-order valence-electron chi connectivity index (χ1n) is 7.67. The molecule has 1 unspecified atom stereocenters. The Kier molecular flexibility index (Phi) is 7.39. The SMILES string of the molecule is O=S(=O)(O)N(CCc1ccccc1)CC(O)COc1cccc(Br)c1. The quantitative estimate of drug-likeness (QED) is 0.598. The molecule has 0 fully saturated rings. The standard InChI is InChI=1S/C17H20BrNO5S/c18-15-7-4-8-17(11-15)24-13-16(20)12-19(25(21,22)23)10-9-14-5-2-1-3-6-14/h1-8,11,16,20H,9-10,12-13H2,(H,21,22,23). The van der Waals surface area contributed by atoms with Crippen molar-refractivity contribution in [2.24, 2.45) is 0 Å². The molecule has 0 radical (unpaired) electrons. The molecule has 6 nitrogen and oxygen atoms in total. The maximum absolute atomic E-state index is 11.5. The molecule has 0 aromatic heterocycles. The lowest BCUT2D eigenvalue weighted by molar-refractivity contribution is 0.0874. The van der Waals surface area contributed by atoms with E-state index in [2.05, 4.69) is 15.9 Å². The van der Waals surface area contributed by atoms with Crippen LogP contribution >= 0.6 is 15.9 Å². The van der Waals surface area contributed by atoms with E-state index in [9.17, 15) is 18.1 Å². The number of aliphatic hydroxyl groups excluding tert-OH is 1. The lowest BCUT2D eigenvalue weighted by Crippen LogP contribution is -2.40. The van der Waals surface area contributed by atoms with Gasteiger partial charge in [0.25, 0.3) is 0 Å². The van der Waals surface area contributed by atoms with Crippen LogP contribution in [-0.4, -0.2) is 48.2 Å². The zero-order valence-corrected chi connectivity index (χ0v) is 15.9. The average Bonchev–Trinajstić information content (AvgIpc) is 2.57. The topological polar surface area (TPSA) is 87.1 Å². The monoisotopic (exact) mass is 429 g/mol. The zero-order chi connectivity index (χ0) is 18.3. The Balaban J connectivity index is 1.90. The van der Waals surface area contributed by atoms with E-state index < -0.39 is 16.4 Å². The molecule has 0 aliphatic heterocycles. The minimum atomic E-state index is -4.41. The molecule has 2 rings (SSSR count). The second-order valence-electron chi connectivity index (χ2n) is 5.49. The fourth-order valence-electron chi connectivity index (χ4n) is 2.24. The summed E-state index contributed by atoms with van der Waals surface area (Å²) in [5, 5.41) is 10.1. The largest absolute Gasteiger partial charge is 0.491 e. The number of aliphatic hydroxyl groups is 1. The van der Waals surface area contributed by atoms with Crippen LogP contribution in [0.15, 0.2) is 59.1 Å². The number of nitrogens with zero attached hydrogens (tertiary/aromatic N) is 1. The van der Waals surface area contributed by atoms with Crippen LogP contribution in [0.1, 0.15) is 5.56 Å². The number of halogens is 1. The molecule has 8 heteroatoms. The van der Waals surface area contributed by atoms with Gasteiger partial charge in [-0.25, -0.2) is 0 Å². The van der Waals surface area contributed by atoms with Gasteiger partial charge in [-0.2, -0.15) is 12.7 Å². The fourth-order valence-corrected chi connectivity index (χ4v) is 3.30. The van der Waals surface area contributed by atoms with Crippen molar-refractivity contribution in [1.82, 2.24) is 4.31 Å². The number of rotatable bonds is 9. The molecule has 136 valence electrons. The molecular weight excluding hydrogens is 410 g/mol. The van der Waals surface area contributed by atoms with Gasteiger partial charge >= 0.3 is 10.3 Å². The third-order valence-electron chi connectivity index (χ3n) is 3.47. The van der Waals surface area contributed by atoms with Gasteiger partial charge in [-0.1, -0.05) is 52.3 Å². The van der Waals surface area contributed by atoms with Gasteiger partial charge in [0, 0.05) is 17.6 Å². The van der Waals surface area contributed by atoms with Gasteiger partial charge in [0.1, 0.15) is 18.5 Å². The predicted octanol–water partition coefficient (Wildman–Crippen LogP) is 2.54. The minimum absolute atomic E-state index is 0.0663. The highest BCUT2D eigenvalue weighted by Crippen LogP contribution is 2.18. The van der Waals surface area contributed by atoms with Crippen LogP contribution in [0.4, 0.5) is 0 Å². The summed E-state index contributed by atoms with van der Waals surface area (Å²) in [7, 11) is -4.41. The van der Waals surface area contributed by atoms with Crippen molar-refractivity contribution in [3.8, 4) is 5.75 Å². The van der Waals surface area contributed by atoms with Gasteiger partial charge < -0.3 is 9.84 Å². The van der Waals surface area contributed by atoms with Crippen LogP contribution in [0.5, 0.6) is 5.75 Å². The van der Waals surface area contributed by atoms with Crippen molar-refractivity contribution in [2.75, 3.05) is 19.7 Å². The molecule has 0 amide bonds. The van der Waals surface area contributed by atoms with Gasteiger partial charge in [0.05, 0.1) is 0 Å². The van der Waals surface area contributed by atoms with Crippen LogP contribution in [0.25, 0.3) is 0 Å². The number of hydrogen-bond donors (Lipinski definition) is 2. The Morgan fingerprint density at radius 1 is 1.12 bits per heavy atom. The summed E-state index contributed by atoms with van der Waals surface area (Å²) in [6.07, 6.45) is -0.642. The van der Waals surface area contributed by atoms with Crippen LogP contribution < -0.4 is 4.74 Å². The van der Waals surface area contributed by atoms with E-state index >= 15 is 0 Å². The van der Waals surface area contributed by atoms with Gasteiger partial charge in [0.2, 0.25) is 0 Å². The van der Waals surface area contributed by atoms with E-state index in [1.807, 2.05) is 36.4 Å². The normalized spacial score (nSPS) is 13.0. The van der Waals surface area contributed by atoms with Crippen LogP contribution in [-0.2, 0) is 16.7 Å². The van der Waals surface area contributed by atoms with Crippen LogP contribution in [0.3, 0.4) is 0 Å². The molecule has 0 heterocycles. The number of benzene rings is 2. The van der Waals surface area contributed by atoms with Gasteiger partial charge in [-0.3, -0.25) is 4.55 Å². The Hall–Kier alpha value is -1.45. The summed E-state index contributed by atoms with van der Waals surface area (Å²) < 4.78 is 39.5. The molecule has 1 atom stereocenters. The lowest BCUT2D eigenvalue weighted by Gasteiger charge is -2.22. The first-order chi connectivity index (χ1) is 11.8. The van der Waals surface area contributed by atoms with E-state index in [1.165, 1.54) is 0 Å². The summed E-state index contributed by atoms with van der Waals surface area (Å²) >= 11 is 3.32. The first kappa shape index (κ1) is 19.9. The maximum Gasteiger partial charge on any atom is 0.336 e. The molecule has 25 heavy (non-hydrogen) atoms. The summed E-state index contributed by atoms with van der Waals surface area (Å²) in [5.74, 6) is 0.552. The molecule has 0 saturated heterocycles. The van der Waals surface area contributed by atoms with E-state index in [0.717, 1.165) is 14.3 Å². The Morgan fingerprint density at radius 2 is 1.84 bits per heavy atom. The van der Waals surface area contributed by atoms with Gasteiger partial charge in [-0.15, -0.1) is 0 Å². The van der Waals surface area contributed by atoms with Crippen molar-refractivity contribution in [3.63, 3.8) is 0 Å². The van der Waals surface area contributed by atoms with E-state index in [-0.39, 0.29) is 19.7 Å². The van der Waals surface area contributed by atoms with Crippen molar-refractivity contribution in [2.45, 2.75) is 12.5 Å². The van der Waals surface area contributed by atoms with Crippen molar-refractivity contribution < 1.29 is 22.8 Å².